The van der Waals surface area contributed by atoms with Gasteiger partial charge in [0.05, 0.1) is 6.54 Å². The van der Waals surface area contributed by atoms with E-state index in [0.717, 1.165) is 44.5 Å². The Morgan fingerprint density at radius 2 is 2.27 bits per heavy atom. The maximum Gasteiger partial charge on any atom is 0.222 e. The highest BCUT2D eigenvalue weighted by Gasteiger charge is 2.26. The molecule has 0 bridgehead atoms. The Hall–Kier alpha value is -1.60. The van der Waals surface area contributed by atoms with E-state index in [1.807, 2.05) is 28.7 Å². The van der Waals surface area contributed by atoms with Gasteiger partial charge in [0.2, 0.25) is 5.91 Å². The van der Waals surface area contributed by atoms with Crippen LogP contribution in [-0.4, -0.2) is 54.1 Å². The highest BCUT2D eigenvalue weighted by atomic mass is 32.1. The van der Waals surface area contributed by atoms with Gasteiger partial charge in [0, 0.05) is 32.1 Å². The van der Waals surface area contributed by atoms with Crippen LogP contribution in [0.2, 0.25) is 0 Å². The summed E-state index contributed by atoms with van der Waals surface area (Å²) < 4.78 is 0. The summed E-state index contributed by atoms with van der Waals surface area (Å²) in [4.78, 5) is 18.5. The van der Waals surface area contributed by atoms with Gasteiger partial charge < -0.3 is 20.6 Å². The standard InChI is InChI=1S/C19H32N4O2S/c1-4-16(23-11-6-7-17(23)24)8-10-21-18(20-5-2)22-14-19(3,25)15-9-12-26-13-15/h9,12-13,16,25H,4-8,10-11,14H2,1-3H3,(H2,20,21,22). The number of hydrogen-bond acceptors (Lipinski definition) is 4. The molecule has 1 amide bonds. The molecule has 0 aromatic carbocycles. The topological polar surface area (TPSA) is 77.0 Å². The monoisotopic (exact) mass is 380 g/mol. The average Bonchev–Trinajstić information content (AvgIpc) is 3.29. The third kappa shape index (κ3) is 5.71. The quantitative estimate of drug-likeness (QED) is 0.454. The number of carbonyl (C=O) groups excluding carboxylic acids is 1. The lowest BCUT2D eigenvalue weighted by Crippen LogP contribution is -2.42. The van der Waals surface area contributed by atoms with Crippen molar-refractivity contribution in [3.63, 3.8) is 0 Å². The molecule has 0 radical (unpaired) electrons. The highest BCUT2D eigenvalue weighted by Crippen LogP contribution is 2.23. The van der Waals surface area contributed by atoms with Crippen LogP contribution in [0.5, 0.6) is 0 Å². The molecule has 2 heterocycles. The molecular formula is C19H32N4O2S. The van der Waals surface area contributed by atoms with E-state index in [1.54, 1.807) is 18.3 Å². The smallest absolute Gasteiger partial charge is 0.222 e. The van der Waals surface area contributed by atoms with E-state index in [4.69, 9.17) is 0 Å². The minimum Gasteiger partial charge on any atom is -0.383 e. The van der Waals surface area contributed by atoms with Gasteiger partial charge in [0.15, 0.2) is 5.96 Å². The molecule has 6 nitrogen and oxygen atoms in total. The third-order valence-electron chi connectivity index (χ3n) is 4.82. The zero-order valence-electron chi connectivity index (χ0n) is 16.1. The Morgan fingerprint density at radius 1 is 1.46 bits per heavy atom. The molecule has 2 rings (SSSR count). The molecule has 7 heteroatoms. The first-order valence-corrected chi connectivity index (χ1v) is 10.5. The van der Waals surface area contributed by atoms with Crippen molar-refractivity contribution >= 4 is 23.2 Å². The number of rotatable bonds is 9. The number of amides is 1. The van der Waals surface area contributed by atoms with Crippen LogP contribution in [0.4, 0.5) is 0 Å². The van der Waals surface area contributed by atoms with E-state index >= 15 is 0 Å². The fraction of sp³-hybridized carbons (Fsp3) is 0.684. The first-order valence-electron chi connectivity index (χ1n) is 9.54. The third-order valence-corrected chi connectivity index (χ3v) is 5.51. The summed E-state index contributed by atoms with van der Waals surface area (Å²) in [6.07, 6.45) is 3.53. The van der Waals surface area contributed by atoms with Crippen LogP contribution >= 0.6 is 11.3 Å². The zero-order valence-corrected chi connectivity index (χ0v) is 16.9. The van der Waals surface area contributed by atoms with Crippen LogP contribution in [0.25, 0.3) is 0 Å². The van der Waals surface area contributed by atoms with Crippen LogP contribution in [-0.2, 0) is 10.4 Å². The zero-order chi connectivity index (χ0) is 19.0. The molecule has 1 saturated heterocycles. The van der Waals surface area contributed by atoms with Gasteiger partial charge in [0.25, 0.3) is 0 Å². The number of carbonyl (C=O) groups is 1. The first-order chi connectivity index (χ1) is 12.5. The SMILES string of the molecule is CCNC(=NCC(C)(O)c1ccsc1)NCCC(CC)N1CCCC1=O. The second-order valence-electron chi connectivity index (χ2n) is 6.95. The second-order valence-corrected chi connectivity index (χ2v) is 7.73. The van der Waals surface area contributed by atoms with E-state index in [9.17, 15) is 9.90 Å². The lowest BCUT2D eigenvalue weighted by atomic mass is 10.00. The predicted molar refractivity (Wildman–Crippen MR) is 108 cm³/mol. The summed E-state index contributed by atoms with van der Waals surface area (Å²) in [5.74, 6) is 0.981. The fourth-order valence-electron chi connectivity index (χ4n) is 3.23. The first kappa shape index (κ1) is 20.7. The van der Waals surface area contributed by atoms with Crippen molar-refractivity contribution in [2.45, 2.75) is 58.1 Å². The molecule has 3 N–H and O–H groups in total. The molecule has 1 aliphatic rings. The van der Waals surface area contributed by atoms with Crippen LogP contribution in [0, 0.1) is 0 Å². The average molecular weight is 381 g/mol. The molecule has 0 spiro atoms. The van der Waals surface area contributed by atoms with Gasteiger partial charge in [-0.1, -0.05) is 6.92 Å². The van der Waals surface area contributed by atoms with Crippen LogP contribution in [0.1, 0.15) is 52.0 Å². The summed E-state index contributed by atoms with van der Waals surface area (Å²) >= 11 is 1.57. The number of aliphatic imine (C=N–C) groups is 1. The van der Waals surface area contributed by atoms with E-state index in [2.05, 4.69) is 22.5 Å². The molecule has 1 aromatic heterocycles. The van der Waals surface area contributed by atoms with Gasteiger partial charge in [-0.05, 0) is 55.5 Å². The van der Waals surface area contributed by atoms with E-state index < -0.39 is 5.60 Å². The van der Waals surface area contributed by atoms with Crippen molar-refractivity contribution in [2.24, 2.45) is 4.99 Å². The minimum absolute atomic E-state index is 0.282. The molecule has 146 valence electrons. The van der Waals surface area contributed by atoms with Gasteiger partial charge in [0.1, 0.15) is 5.60 Å². The molecule has 0 saturated carbocycles. The molecule has 2 unspecified atom stereocenters. The number of likely N-dealkylation sites (tertiary alicyclic amines) is 1. The number of guanidine groups is 1. The summed E-state index contributed by atoms with van der Waals surface area (Å²) in [6.45, 7) is 8.62. The maximum atomic E-state index is 11.9. The van der Waals surface area contributed by atoms with Crippen LogP contribution in [0.15, 0.2) is 21.8 Å². The number of nitrogens with one attached hydrogen (secondary N) is 2. The molecule has 2 atom stereocenters. The van der Waals surface area contributed by atoms with Crippen LogP contribution < -0.4 is 10.6 Å². The number of nitrogens with zero attached hydrogens (tertiary/aromatic N) is 2. The Balaban J connectivity index is 1.87. The predicted octanol–water partition coefficient (Wildman–Crippen LogP) is 2.30. The molecule has 1 fully saturated rings. The Morgan fingerprint density at radius 3 is 2.85 bits per heavy atom. The molecule has 0 aliphatic carbocycles. The van der Waals surface area contributed by atoms with Gasteiger partial charge in [-0.15, -0.1) is 0 Å². The van der Waals surface area contributed by atoms with Crippen molar-refractivity contribution in [2.75, 3.05) is 26.2 Å². The summed E-state index contributed by atoms with van der Waals surface area (Å²) in [6, 6.07) is 2.22. The molecule has 1 aliphatic heterocycles. The van der Waals surface area contributed by atoms with Gasteiger partial charge in [-0.2, -0.15) is 11.3 Å². The van der Waals surface area contributed by atoms with Crippen molar-refractivity contribution in [3.05, 3.63) is 22.4 Å². The number of thiophene rings is 1. The van der Waals surface area contributed by atoms with E-state index in [1.165, 1.54) is 0 Å². The highest BCUT2D eigenvalue weighted by molar-refractivity contribution is 7.08. The van der Waals surface area contributed by atoms with Gasteiger partial charge in [-0.3, -0.25) is 4.79 Å². The van der Waals surface area contributed by atoms with Crippen molar-refractivity contribution in [1.29, 1.82) is 0 Å². The van der Waals surface area contributed by atoms with Crippen molar-refractivity contribution in [1.82, 2.24) is 15.5 Å². The Kier molecular flexibility index (Phi) is 7.90. The number of aliphatic hydroxyl groups is 1. The van der Waals surface area contributed by atoms with Gasteiger partial charge >= 0.3 is 0 Å². The number of hydrogen-bond donors (Lipinski definition) is 3. The summed E-state index contributed by atoms with van der Waals surface area (Å²) in [7, 11) is 0. The summed E-state index contributed by atoms with van der Waals surface area (Å²) in [5.41, 5.74) is -0.0864. The van der Waals surface area contributed by atoms with Gasteiger partial charge in [-0.25, -0.2) is 4.99 Å². The maximum absolute atomic E-state index is 11.9. The second kappa shape index (κ2) is 9.92. The van der Waals surface area contributed by atoms with Crippen molar-refractivity contribution in [3.8, 4) is 0 Å². The van der Waals surface area contributed by atoms with E-state index in [-0.39, 0.29) is 11.9 Å². The molecule has 1 aromatic rings. The molecular weight excluding hydrogens is 348 g/mol. The lowest BCUT2D eigenvalue weighted by molar-refractivity contribution is -0.129. The Labute approximate surface area is 160 Å². The van der Waals surface area contributed by atoms with Crippen molar-refractivity contribution < 1.29 is 9.90 Å². The normalized spacial score (nSPS) is 18.7. The Bertz CT molecular complexity index is 586. The largest absolute Gasteiger partial charge is 0.383 e. The lowest BCUT2D eigenvalue weighted by Gasteiger charge is -2.27. The summed E-state index contributed by atoms with van der Waals surface area (Å²) in [5, 5.41) is 21.1. The minimum atomic E-state index is -0.976. The van der Waals surface area contributed by atoms with E-state index in [0.29, 0.717) is 18.9 Å². The fourth-order valence-corrected chi connectivity index (χ4v) is 4.01. The molecule has 26 heavy (non-hydrogen) atoms. The van der Waals surface area contributed by atoms with Crippen LogP contribution in [0.3, 0.4) is 0 Å².